The summed E-state index contributed by atoms with van der Waals surface area (Å²) in [4.78, 5) is 11.2. The van der Waals surface area contributed by atoms with E-state index in [1.165, 1.54) is 12.1 Å². The van der Waals surface area contributed by atoms with Crippen LogP contribution >= 0.6 is 11.6 Å². The number of carbonyl (C=O) groups excluding carboxylic acids is 1. The zero-order valence-electron chi connectivity index (χ0n) is 9.66. The number of rotatable bonds is 4. The normalized spacial score (nSPS) is 11.1. The van der Waals surface area contributed by atoms with Crippen LogP contribution in [0.25, 0.3) is 0 Å². The molecule has 2 N–H and O–H groups in total. The van der Waals surface area contributed by atoms with Crippen LogP contribution in [0.3, 0.4) is 0 Å². The van der Waals surface area contributed by atoms with Gasteiger partial charge in [0.1, 0.15) is 5.75 Å². The van der Waals surface area contributed by atoms with Crippen molar-refractivity contribution in [3.8, 4) is 5.75 Å². The van der Waals surface area contributed by atoms with E-state index in [1.807, 2.05) is 0 Å². The Balaban J connectivity index is 2.77. The van der Waals surface area contributed by atoms with Gasteiger partial charge < -0.3 is 15.2 Å². The minimum Gasteiger partial charge on any atom is -0.506 e. The summed E-state index contributed by atoms with van der Waals surface area (Å²) in [5, 5.41) is 12.9. The summed E-state index contributed by atoms with van der Waals surface area (Å²) in [6, 6.07) is 4.62. The van der Waals surface area contributed by atoms with Crippen molar-refractivity contribution >= 4 is 23.3 Å². The number of carbonyl (C=O) groups is 1. The Hall–Kier alpha value is -1.68. The first-order valence-electron chi connectivity index (χ1n) is 5.13. The highest BCUT2D eigenvalue weighted by molar-refractivity contribution is 6.30. The maximum absolute atomic E-state index is 11.2. The van der Waals surface area contributed by atoms with Crippen molar-refractivity contribution in [3.63, 3.8) is 0 Å². The summed E-state index contributed by atoms with van der Waals surface area (Å²) in [5.41, 5.74) is 0.997. The van der Waals surface area contributed by atoms with Crippen molar-refractivity contribution in [3.05, 3.63) is 35.0 Å². The van der Waals surface area contributed by atoms with Gasteiger partial charge in [-0.05, 0) is 32.0 Å². The standard InChI is InChI=1S/C12H14ClNO3/c1-3-17-12(16)6-8(2)14-10-7-9(13)4-5-11(10)15/h4-7,14-15H,3H2,1-2H3/b8-6+. The predicted molar refractivity (Wildman–Crippen MR) is 67.1 cm³/mol. The molecular formula is C12H14ClNO3. The van der Waals surface area contributed by atoms with Crippen LogP contribution in [0.4, 0.5) is 5.69 Å². The van der Waals surface area contributed by atoms with E-state index >= 15 is 0 Å². The molecule has 17 heavy (non-hydrogen) atoms. The number of anilines is 1. The minimum absolute atomic E-state index is 0.0611. The molecule has 0 aliphatic carbocycles. The van der Waals surface area contributed by atoms with Gasteiger partial charge in [-0.1, -0.05) is 11.6 Å². The second-order valence-electron chi connectivity index (χ2n) is 3.37. The number of halogens is 1. The molecule has 0 radical (unpaired) electrons. The Labute approximate surface area is 105 Å². The first-order valence-corrected chi connectivity index (χ1v) is 5.51. The maximum atomic E-state index is 11.2. The lowest BCUT2D eigenvalue weighted by molar-refractivity contribution is -0.137. The Morgan fingerprint density at radius 2 is 2.29 bits per heavy atom. The number of phenols is 1. The van der Waals surface area contributed by atoms with Crippen molar-refractivity contribution in [2.45, 2.75) is 13.8 Å². The average molecular weight is 256 g/mol. The molecule has 0 amide bonds. The second-order valence-corrected chi connectivity index (χ2v) is 3.80. The SMILES string of the molecule is CCOC(=O)/C=C(\C)Nc1cc(Cl)ccc1O. The van der Waals surface area contributed by atoms with E-state index < -0.39 is 5.97 Å². The molecule has 0 aromatic heterocycles. The van der Waals surface area contributed by atoms with Crippen LogP contribution in [0.15, 0.2) is 30.0 Å². The molecule has 0 bridgehead atoms. The van der Waals surface area contributed by atoms with Crippen LogP contribution in [-0.4, -0.2) is 17.7 Å². The topological polar surface area (TPSA) is 58.6 Å². The maximum Gasteiger partial charge on any atom is 0.332 e. The molecule has 0 atom stereocenters. The summed E-state index contributed by atoms with van der Waals surface area (Å²) in [6.07, 6.45) is 1.31. The van der Waals surface area contributed by atoms with E-state index in [2.05, 4.69) is 5.32 Å². The fourth-order valence-corrected chi connectivity index (χ4v) is 1.39. The van der Waals surface area contributed by atoms with Crippen molar-refractivity contribution in [2.75, 3.05) is 11.9 Å². The van der Waals surface area contributed by atoms with Gasteiger partial charge in [0.05, 0.1) is 12.3 Å². The van der Waals surface area contributed by atoms with Gasteiger partial charge in [0.15, 0.2) is 0 Å². The van der Waals surface area contributed by atoms with Gasteiger partial charge in [0.2, 0.25) is 0 Å². The third kappa shape index (κ3) is 4.36. The molecular weight excluding hydrogens is 242 g/mol. The number of allylic oxidation sites excluding steroid dienone is 1. The third-order valence-corrected chi connectivity index (χ3v) is 2.15. The second kappa shape index (κ2) is 6.15. The molecule has 0 unspecified atom stereocenters. The molecule has 0 fully saturated rings. The summed E-state index contributed by atoms with van der Waals surface area (Å²) in [6.45, 7) is 3.75. The lowest BCUT2D eigenvalue weighted by Crippen LogP contribution is -2.04. The Morgan fingerprint density at radius 1 is 1.59 bits per heavy atom. The zero-order chi connectivity index (χ0) is 12.8. The highest BCUT2D eigenvalue weighted by atomic mass is 35.5. The molecule has 0 saturated carbocycles. The number of hydrogen-bond donors (Lipinski definition) is 2. The van der Waals surface area contributed by atoms with Crippen molar-refractivity contribution < 1.29 is 14.6 Å². The minimum atomic E-state index is -0.431. The highest BCUT2D eigenvalue weighted by Crippen LogP contribution is 2.27. The molecule has 92 valence electrons. The number of nitrogens with one attached hydrogen (secondary N) is 1. The van der Waals surface area contributed by atoms with Gasteiger partial charge in [-0.15, -0.1) is 0 Å². The summed E-state index contributed by atoms with van der Waals surface area (Å²) in [5.74, 6) is -0.370. The lowest BCUT2D eigenvalue weighted by atomic mass is 10.3. The van der Waals surface area contributed by atoms with Crippen molar-refractivity contribution in [1.82, 2.24) is 0 Å². The van der Waals surface area contributed by atoms with E-state index in [4.69, 9.17) is 16.3 Å². The molecule has 5 heteroatoms. The van der Waals surface area contributed by atoms with Gasteiger partial charge in [0, 0.05) is 16.8 Å². The number of hydrogen-bond acceptors (Lipinski definition) is 4. The summed E-state index contributed by atoms with van der Waals surface area (Å²) >= 11 is 5.79. The zero-order valence-corrected chi connectivity index (χ0v) is 10.4. The lowest BCUT2D eigenvalue weighted by Gasteiger charge is -2.08. The van der Waals surface area contributed by atoms with Crippen LogP contribution in [-0.2, 0) is 9.53 Å². The van der Waals surface area contributed by atoms with Crippen LogP contribution in [0.5, 0.6) is 5.75 Å². The number of ether oxygens (including phenoxy) is 1. The first kappa shape index (κ1) is 13.4. The molecule has 0 spiro atoms. The number of phenolic OH excluding ortho intramolecular Hbond substituents is 1. The van der Waals surface area contributed by atoms with Crippen LogP contribution in [0.1, 0.15) is 13.8 Å². The highest BCUT2D eigenvalue weighted by Gasteiger charge is 2.03. The van der Waals surface area contributed by atoms with E-state index in [9.17, 15) is 9.90 Å². The number of benzene rings is 1. The number of aromatic hydroxyl groups is 1. The Bertz CT molecular complexity index is 443. The monoisotopic (exact) mass is 255 g/mol. The summed E-state index contributed by atoms with van der Waals surface area (Å²) in [7, 11) is 0. The van der Waals surface area contributed by atoms with Gasteiger partial charge in [0.25, 0.3) is 0 Å². The van der Waals surface area contributed by atoms with E-state index in [1.54, 1.807) is 26.0 Å². The van der Waals surface area contributed by atoms with Crippen LogP contribution < -0.4 is 5.32 Å². The number of esters is 1. The fourth-order valence-electron chi connectivity index (χ4n) is 1.22. The quantitative estimate of drug-likeness (QED) is 0.493. The van der Waals surface area contributed by atoms with E-state index in [0.29, 0.717) is 23.0 Å². The molecule has 0 aliphatic rings. The van der Waals surface area contributed by atoms with Crippen LogP contribution in [0.2, 0.25) is 5.02 Å². The van der Waals surface area contributed by atoms with E-state index in [0.717, 1.165) is 0 Å². The van der Waals surface area contributed by atoms with E-state index in [-0.39, 0.29) is 5.75 Å². The Kier molecular flexibility index (Phi) is 4.84. The molecule has 0 aliphatic heterocycles. The predicted octanol–water partition coefficient (Wildman–Crippen LogP) is 2.92. The van der Waals surface area contributed by atoms with Crippen molar-refractivity contribution in [1.29, 1.82) is 0 Å². The smallest absolute Gasteiger partial charge is 0.332 e. The fraction of sp³-hybridized carbons (Fsp3) is 0.250. The Morgan fingerprint density at radius 3 is 2.94 bits per heavy atom. The largest absolute Gasteiger partial charge is 0.506 e. The third-order valence-electron chi connectivity index (χ3n) is 1.91. The van der Waals surface area contributed by atoms with Gasteiger partial charge in [-0.25, -0.2) is 4.79 Å². The average Bonchev–Trinajstić information content (AvgIpc) is 2.23. The van der Waals surface area contributed by atoms with Crippen molar-refractivity contribution in [2.24, 2.45) is 0 Å². The first-order chi connectivity index (χ1) is 8.02. The van der Waals surface area contributed by atoms with Gasteiger partial charge >= 0.3 is 5.97 Å². The molecule has 1 aromatic carbocycles. The molecule has 4 nitrogen and oxygen atoms in total. The van der Waals surface area contributed by atoms with Gasteiger partial charge in [-0.3, -0.25) is 0 Å². The summed E-state index contributed by atoms with van der Waals surface area (Å²) < 4.78 is 4.76. The molecule has 0 saturated heterocycles. The molecule has 1 rings (SSSR count). The molecule has 1 aromatic rings. The van der Waals surface area contributed by atoms with Gasteiger partial charge in [-0.2, -0.15) is 0 Å². The van der Waals surface area contributed by atoms with Crippen LogP contribution in [0, 0.1) is 0 Å². The molecule has 0 heterocycles.